The van der Waals surface area contributed by atoms with Gasteiger partial charge in [0.1, 0.15) is 0 Å². The molecule has 1 rings (SSSR count). The van der Waals surface area contributed by atoms with Crippen molar-refractivity contribution in [1.29, 1.82) is 0 Å². The van der Waals surface area contributed by atoms with Crippen molar-refractivity contribution in [2.75, 3.05) is 40.3 Å². The summed E-state index contributed by atoms with van der Waals surface area (Å²) in [6.07, 6.45) is 2.15. The number of aliphatic hydroxyl groups is 1. The number of piperidine rings is 1. The van der Waals surface area contributed by atoms with Crippen LogP contribution in [0, 0.1) is 5.92 Å². The van der Waals surface area contributed by atoms with Crippen LogP contribution < -0.4 is 5.32 Å². The highest BCUT2D eigenvalue weighted by atomic mass is 16.3. The van der Waals surface area contributed by atoms with Crippen molar-refractivity contribution in [3.63, 3.8) is 0 Å². The molecule has 112 valence electrons. The van der Waals surface area contributed by atoms with Crippen LogP contribution in [0.25, 0.3) is 0 Å². The average molecular weight is 271 g/mol. The zero-order valence-electron chi connectivity index (χ0n) is 12.7. The molecule has 19 heavy (non-hydrogen) atoms. The monoisotopic (exact) mass is 271 g/mol. The SMILES string of the molecule is CC(CO)C(C)NC1CCN(CC(=O)N(C)C)CC1. The summed E-state index contributed by atoms with van der Waals surface area (Å²) in [7, 11) is 3.60. The zero-order valence-corrected chi connectivity index (χ0v) is 12.7. The lowest BCUT2D eigenvalue weighted by molar-refractivity contribution is -0.130. The number of rotatable bonds is 6. The topological polar surface area (TPSA) is 55.8 Å². The largest absolute Gasteiger partial charge is 0.396 e. The Balaban J connectivity index is 2.27. The molecular formula is C14H29N3O2. The Morgan fingerprint density at radius 3 is 2.42 bits per heavy atom. The first-order chi connectivity index (χ1) is 8.93. The van der Waals surface area contributed by atoms with Crippen molar-refractivity contribution in [1.82, 2.24) is 15.1 Å². The first-order valence-electron chi connectivity index (χ1n) is 7.23. The molecule has 2 unspecified atom stereocenters. The van der Waals surface area contributed by atoms with E-state index in [1.165, 1.54) is 0 Å². The van der Waals surface area contributed by atoms with E-state index < -0.39 is 0 Å². The zero-order chi connectivity index (χ0) is 14.4. The second-order valence-electron chi connectivity index (χ2n) is 5.95. The average Bonchev–Trinajstić information content (AvgIpc) is 2.39. The van der Waals surface area contributed by atoms with Crippen LogP contribution in [0.4, 0.5) is 0 Å². The number of likely N-dealkylation sites (N-methyl/N-ethyl adjacent to an activating group) is 1. The second-order valence-corrected chi connectivity index (χ2v) is 5.95. The Morgan fingerprint density at radius 2 is 1.95 bits per heavy atom. The van der Waals surface area contributed by atoms with Crippen LogP contribution in [-0.4, -0.2) is 73.2 Å². The first kappa shape index (κ1) is 16.4. The third-order valence-electron chi connectivity index (χ3n) is 4.09. The van der Waals surface area contributed by atoms with Crippen LogP contribution in [-0.2, 0) is 4.79 Å². The fraction of sp³-hybridized carbons (Fsp3) is 0.929. The summed E-state index contributed by atoms with van der Waals surface area (Å²) in [5.74, 6) is 0.460. The predicted molar refractivity (Wildman–Crippen MR) is 77.0 cm³/mol. The molecule has 5 heteroatoms. The molecule has 1 fully saturated rings. The smallest absolute Gasteiger partial charge is 0.236 e. The lowest BCUT2D eigenvalue weighted by Gasteiger charge is -2.35. The minimum Gasteiger partial charge on any atom is -0.396 e. The Kier molecular flexibility index (Phi) is 6.75. The van der Waals surface area contributed by atoms with E-state index in [0.29, 0.717) is 18.6 Å². The quantitative estimate of drug-likeness (QED) is 0.722. The maximum Gasteiger partial charge on any atom is 0.236 e. The summed E-state index contributed by atoms with van der Waals surface area (Å²) < 4.78 is 0. The normalized spacial score (nSPS) is 21.1. The molecule has 0 bridgehead atoms. The van der Waals surface area contributed by atoms with Gasteiger partial charge in [-0.25, -0.2) is 0 Å². The Hall–Kier alpha value is -0.650. The number of hydrogen-bond donors (Lipinski definition) is 2. The molecule has 0 radical (unpaired) electrons. The molecule has 0 aromatic heterocycles. The molecule has 0 aromatic rings. The predicted octanol–water partition coefficient (Wildman–Crippen LogP) is 0.146. The van der Waals surface area contributed by atoms with Gasteiger partial charge in [-0.15, -0.1) is 0 Å². The fourth-order valence-electron chi connectivity index (χ4n) is 2.28. The maximum atomic E-state index is 11.6. The van der Waals surface area contributed by atoms with Gasteiger partial charge in [-0.2, -0.15) is 0 Å². The molecule has 1 aliphatic heterocycles. The third kappa shape index (κ3) is 5.47. The number of nitrogens with zero attached hydrogens (tertiary/aromatic N) is 2. The van der Waals surface area contributed by atoms with E-state index >= 15 is 0 Å². The highest BCUT2D eigenvalue weighted by Crippen LogP contribution is 2.13. The van der Waals surface area contributed by atoms with Gasteiger partial charge in [0.05, 0.1) is 6.54 Å². The number of nitrogens with one attached hydrogen (secondary N) is 1. The van der Waals surface area contributed by atoms with Crippen LogP contribution in [0.1, 0.15) is 26.7 Å². The minimum atomic E-state index is 0.175. The summed E-state index contributed by atoms with van der Waals surface area (Å²) in [5, 5.41) is 12.7. The van der Waals surface area contributed by atoms with Crippen molar-refractivity contribution >= 4 is 5.91 Å². The molecule has 0 aliphatic carbocycles. The van der Waals surface area contributed by atoms with Crippen molar-refractivity contribution < 1.29 is 9.90 Å². The van der Waals surface area contributed by atoms with E-state index in [-0.39, 0.29) is 18.4 Å². The first-order valence-corrected chi connectivity index (χ1v) is 7.23. The number of hydrogen-bond acceptors (Lipinski definition) is 4. The summed E-state index contributed by atoms with van der Waals surface area (Å²) in [4.78, 5) is 15.5. The van der Waals surface area contributed by atoms with Crippen LogP contribution in [0.2, 0.25) is 0 Å². The highest BCUT2D eigenvalue weighted by molar-refractivity contribution is 5.77. The van der Waals surface area contributed by atoms with Gasteiger partial charge in [-0.05, 0) is 25.7 Å². The molecular weight excluding hydrogens is 242 g/mol. The number of carbonyl (C=O) groups is 1. The number of likely N-dealkylation sites (tertiary alicyclic amines) is 1. The fourth-order valence-corrected chi connectivity index (χ4v) is 2.28. The van der Waals surface area contributed by atoms with Crippen molar-refractivity contribution in [2.24, 2.45) is 5.92 Å². The molecule has 2 N–H and O–H groups in total. The summed E-state index contributed by atoms with van der Waals surface area (Å²) in [6, 6.07) is 0.847. The number of amides is 1. The molecule has 2 atom stereocenters. The molecule has 5 nitrogen and oxygen atoms in total. The van der Waals surface area contributed by atoms with Gasteiger partial charge in [-0.3, -0.25) is 9.69 Å². The van der Waals surface area contributed by atoms with E-state index in [4.69, 9.17) is 5.11 Å². The summed E-state index contributed by atoms with van der Waals surface area (Å²) >= 11 is 0. The van der Waals surface area contributed by atoms with Gasteiger partial charge in [0.15, 0.2) is 0 Å². The molecule has 0 spiro atoms. The number of aliphatic hydroxyl groups excluding tert-OH is 1. The number of carbonyl (C=O) groups excluding carboxylic acids is 1. The lowest BCUT2D eigenvalue weighted by Crippen LogP contribution is -2.49. The van der Waals surface area contributed by atoms with Gasteiger partial charge < -0.3 is 15.3 Å². The van der Waals surface area contributed by atoms with Crippen LogP contribution in [0.15, 0.2) is 0 Å². The van der Waals surface area contributed by atoms with E-state index in [1.54, 1.807) is 19.0 Å². The third-order valence-corrected chi connectivity index (χ3v) is 4.09. The molecule has 0 saturated carbocycles. The van der Waals surface area contributed by atoms with Gasteiger partial charge in [-0.1, -0.05) is 6.92 Å². The van der Waals surface area contributed by atoms with E-state index in [1.807, 2.05) is 0 Å². The van der Waals surface area contributed by atoms with Crippen molar-refractivity contribution in [2.45, 2.75) is 38.8 Å². The molecule has 1 heterocycles. The second kappa shape index (κ2) is 7.82. The van der Waals surface area contributed by atoms with Crippen LogP contribution in [0.3, 0.4) is 0 Å². The summed E-state index contributed by atoms with van der Waals surface area (Å²) in [5.41, 5.74) is 0. The molecule has 1 amide bonds. The van der Waals surface area contributed by atoms with E-state index in [0.717, 1.165) is 25.9 Å². The highest BCUT2D eigenvalue weighted by Gasteiger charge is 2.23. The van der Waals surface area contributed by atoms with Gasteiger partial charge in [0.2, 0.25) is 5.91 Å². The molecule has 1 aliphatic rings. The molecule has 1 saturated heterocycles. The van der Waals surface area contributed by atoms with Gasteiger partial charge in [0, 0.05) is 45.9 Å². The standard InChI is InChI=1S/C14H29N3O2/c1-11(10-18)12(2)15-13-5-7-17(8-6-13)9-14(19)16(3)4/h11-13,15,18H,5-10H2,1-4H3. The van der Waals surface area contributed by atoms with Crippen molar-refractivity contribution in [3.8, 4) is 0 Å². The Labute approximate surface area is 117 Å². The van der Waals surface area contributed by atoms with Crippen molar-refractivity contribution in [3.05, 3.63) is 0 Å². The molecule has 0 aromatic carbocycles. The minimum absolute atomic E-state index is 0.175. The van der Waals surface area contributed by atoms with E-state index in [9.17, 15) is 4.79 Å². The lowest BCUT2D eigenvalue weighted by atomic mass is 9.99. The van der Waals surface area contributed by atoms with Crippen LogP contribution in [0.5, 0.6) is 0 Å². The van der Waals surface area contributed by atoms with Crippen LogP contribution >= 0.6 is 0 Å². The van der Waals surface area contributed by atoms with Gasteiger partial charge in [0.25, 0.3) is 0 Å². The maximum absolute atomic E-state index is 11.6. The summed E-state index contributed by atoms with van der Waals surface area (Å²) in [6.45, 7) is 6.88. The Morgan fingerprint density at radius 1 is 1.37 bits per heavy atom. The Bertz CT molecular complexity index is 276. The van der Waals surface area contributed by atoms with E-state index in [2.05, 4.69) is 24.1 Å². The van der Waals surface area contributed by atoms with Gasteiger partial charge >= 0.3 is 0 Å².